The third kappa shape index (κ3) is 2.35. The summed E-state index contributed by atoms with van der Waals surface area (Å²) in [5, 5.41) is 9.09. The van der Waals surface area contributed by atoms with Crippen LogP contribution in [0.3, 0.4) is 0 Å². The van der Waals surface area contributed by atoms with Crippen LogP contribution < -0.4 is 0 Å². The lowest BCUT2D eigenvalue weighted by Gasteiger charge is -2.09. The van der Waals surface area contributed by atoms with Crippen LogP contribution in [-0.4, -0.2) is 0 Å². The molecule has 0 unspecified atom stereocenters. The van der Waals surface area contributed by atoms with Gasteiger partial charge in [-0.2, -0.15) is 5.26 Å². The van der Waals surface area contributed by atoms with Crippen molar-refractivity contribution < 1.29 is 0 Å². The predicted molar refractivity (Wildman–Crippen MR) is 59.1 cm³/mol. The lowest BCUT2D eigenvalue weighted by Crippen LogP contribution is -2.00. The Morgan fingerprint density at radius 2 is 1.93 bits per heavy atom. The summed E-state index contributed by atoms with van der Waals surface area (Å²) in [7, 11) is 0. The second-order valence-corrected chi connectivity index (χ2v) is 4.01. The highest BCUT2D eigenvalue weighted by Gasteiger charge is 2.07. The fraction of sp³-hybridized carbons (Fsp3) is 0.462. The van der Waals surface area contributed by atoms with E-state index in [1.807, 2.05) is 6.07 Å². The molecule has 0 aliphatic heterocycles. The molecule has 0 radical (unpaired) electrons. The maximum Gasteiger partial charge on any atom is 0.0997 e. The minimum absolute atomic E-state index is 0.606. The molecule has 1 aromatic carbocycles. The summed E-state index contributed by atoms with van der Waals surface area (Å²) in [6.07, 6.45) is 1.94. The SMILES string of the molecule is CCc1cccc(CC(C)C)c1C#N. The highest BCUT2D eigenvalue weighted by molar-refractivity contribution is 5.44. The van der Waals surface area contributed by atoms with Crippen LogP contribution >= 0.6 is 0 Å². The molecule has 0 aliphatic carbocycles. The number of hydrogen-bond acceptors (Lipinski definition) is 1. The summed E-state index contributed by atoms with van der Waals surface area (Å²) in [6.45, 7) is 6.45. The smallest absolute Gasteiger partial charge is 0.0997 e. The first-order valence-electron chi connectivity index (χ1n) is 5.19. The molecule has 1 heteroatoms. The Balaban J connectivity index is 3.10. The van der Waals surface area contributed by atoms with Crippen molar-refractivity contribution in [3.8, 4) is 6.07 Å². The van der Waals surface area contributed by atoms with Gasteiger partial charge in [-0.15, -0.1) is 0 Å². The zero-order chi connectivity index (χ0) is 10.6. The van der Waals surface area contributed by atoms with E-state index in [1.54, 1.807) is 0 Å². The van der Waals surface area contributed by atoms with E-state index in [0.29, 0.717) is 5.92 Å². The molecule has 0 fully saturated rings. The van der Waals surface area contributed by atoms with Gasteiger partial charge < -0.3 is 0 Å². The van der Waals surface area contributed by atoms with Gasteiger partial charge in [0.1, 0.15) is 0 Å². The molecule has 0 bridgehead atoms. The zero-order valence-corrected chi connectivity index (χ0v) is 9.17. The Kier molecular flexibility index (Phi) is 3.71. The Morgan fingerprint density at radius 1 is 1.29 bits per heavy atom. The molecule has 0 atom stereocenters. The monoisotopic (exact) mass is 187 g/mol. The van der Waals surface area contributed by atoms with E-state index >= 15 is 0 Å². The Morgan fingerprint density at radius 3 is 2.43 bits per heavy atom. The summed E-state index contributed by atoms with van der Waals surface area (Å²) in [4.78, 5) is 0. The maximum absolute atomic E-state index is 9.09. The Hall–Kier alpha value is -1.29. The Bertz CT molecular complexity index is 345. The molecule has 0 heterocycles. The molecule has 0 aliphatic rings. The molecule has 0 amide bonds. The van der Waals surface area contributed by atoms with E-state index in [0.717, 1.165) is 18.4 Å². The van der Waals surface area contributed by atoms with Gasteiger partial charge in [0.2, 0.25) is 0 Å². The number of hydrogen-bond donors (Lipinski definition) is 0. The summed E-state index contributed by atoms with van der Waals surface area (Å²) >= 11 is 0. The fourth-order valence-corrected chi connectivity index (χ4v) is 1.70. The number of aryl methyl sites for hydroxylation is 1. The molecule has 74 valence electrons. The summed E-state index contributed by atoms with van der Waals surface area (Å²) in [6, 6.07) is 8.48. The highest BCUT2D eigenvalue weighted by atomic mass is 14.3. The molecule has 14 heavy (non-hydrogen) atoms. The van der Waals surface area contributed by atoms with Crippen molar-refractivity contribution in [1.29, 1.82) is 5.26 Å². The molecule has 1 aromatic rings. The summed E-state index contributed by atoms with van der Waals surface area (Å²) in [5.74, 6) is 0.606. The van der Waals surface area contributed by atoms with Gasteiger partial charge in [0.15, 0.2) is 0 Å². The van der Waals surface area contributed by atoms with Crippen molar-refractivity contribution in [2.75, 3.05) is 0 Å². The molecule has 0 N–H and O–H groups in total. The largest absolute Gasteiger partial charge is 0.192 e. The van der Waals surface area contributed by atoms with Gasteiger partial charge in [-0.25, -0.2) is 0 Å². The minimum Gasteiger partial charge on any atom is -0.192 e. The average molecular weight is 187 g/mol. The second-order valence-electron chi connectivity index (χ2n) is 4.01. The standard InChI is InChI=1S/C13H17N/c1-4-11-6-5-7-12(8-10(2)3)13(11)9-14/h5-7,10H,4,8H2,1-3H3. The van der Waals surface area contributed by atoms with E-state index in [-0.39, 0.29) is 0 Å². The maximum atomic E-state index is 9.09. The van der Waals surface area contributed by atoms with Crippen LogP contribution in [0.15, 0.2) is 18.2 Å². The molecular formula is C13H17N. The first kappa shape index (κ1) is 10.8. The lowest BCUT2D eigenvalue weighted by atomic mass is 9.94. The molecule has 0 saturated carbocycles. The van der Waals surface area contributed by atoms with Gasteiger partial charge in [-0.05, 0) is 29.9 Å². The van der Waals surface area contributed by atoms with Crippen LogP contribution in [0, 0.1) is 17.2 Å². The quantitative estimate of drug-likeness (QED) is 0.712. The van der Waals surface area contributed by atoms with Crippen LogP contribution in [0.5, 0.6) is 0 Å². The minimum atomic E-state index is 0.606. The van der Waals surface area contributed by atoms with Gasteiger partial charge in [0.25, 0.3) is 0 Å². The normalized spacial score (nSPS) is 10.2. The third-order valence-corrected chi connectivity index (χ3v) is 2.36. The van der Waals surface area contributed by atoms with Crippen LogP contribution in [0.1, 0.15) is 37.5 Å². The predicted octanol–water partition coefficient (Wildman–Crippen LogP) is 3.32. The van der Waals surface area contributed by atoms with E-state index in [1.165, 1.54) is 11.1 Å². The van der Waals surface area contributed by atoms with Crippen molar-refractivity contribution in [2.45, 2.75) is 33.6 Å². The van der Waals surface area contributed by atoms with Gasteiger partial charge >= 0.3 is 0 Å². The van der Waals surface area contributed by atoms with Crippen LogP contribution in [0.25, 0.3) is 0 Å². The number of nitrogens with zero attached hydrogens (tertiary/aromatic N) is 1. The van der Waals surface area contributed by atoms with Gasteiger partial charge in [0.05, 0.1) is 11.6 Å². The first-order chi connectivity index (χ1) is 6.69. The van der Waals surface area contributed by atoms with Crippen molar-refractivity contribution in [3.05, 3.63) is 34.9 Å². The molecule has 0 aromatic heterocycles. The molecular weight excluding hydrogens is 170 g/mol. The molecule has 1 nitrogen and oxygen atoms in total. The van der Waals surface area contributed by atoms with Gasteiger partial charge in [-0.1, -0.05) is 39.0 Å². The highest BCUT2D eigenvalue weighted by Crippen LogP contribution is 2.17. The third-order valence-electron chi connectivity index (χ3n) is 2.36. The van der Waals surface area contributed by atoms with Crippen LogP contribution in [0.4, 0.5) is 0 Å². The van der Waals surface area contributed by atoms with Crippen molar-refractivity contribution >= 4 is 0 Å². The van der Waals surface area contributed by atoms with Crippen molar-refractivity contribution in [1.82, 2.24) is 0 Å². The molecule has 1 rings (SSSR count). The van der Waals surface area contributed by atoms with Crippen molar-refractivity contribution in [2.24, 2.45) is 5.92 Å². The lowest BCUT2D eigenvalue weighted by molar-refractivity contribution is 0.645. The van der Waals surface area contributed by atoms with Crippen LogP contribution in [0.2, 0.25) is 0 Å². The summed E-state index contributed by atoms with van der Waals surface area (Å²) in [5.41, 5.74) is 3.26. The topological polar surface area (TPSA) is 23.8 Å². The second kappa shape index (κ2) is 4.81. The van der Waals surface area contributed by atoms with Gasteiger partial charge in [-0.3, -0.25) is 0 Å². The average Bonchev–Trinajstić information content (AvgIpc) is 2.16. The van der Waals surface area contributed by atoms with E-state index in [2.05, 4.69) is 39.0 Å². The first-order valence-corrected chi connectivity index (χ1v) is 5.19. The van der Waals surface area contributed by atoms with E-state index < -0.39 is 0 Å². The molecule has 0 saturated heterocycles. The zero-order valence-electron chi connectivity index (χ0n) is 9.17. The van der Waals surface area contributed by atoms with Crippen molar-refractivity contribution in [3.63, 3.8) is 0 Å². The number of benzene rings is 1. The summed E-state index contributed by atoms with van der Waals surface area (Å²) < 4.78 is 0. The number of nitriles is 1. The van der Waals surface area contributed by atoms with E-state index in [4.69, 9.17) is 5.26 Å². The number of rotatable bonds is 3. The molecule has 0 spiro atoms. The van der Waals surface area contributed by atoms with Gasteiger partial charge in [0, 0.05) is 0 Å². The fourth-order valence-electron chi connectivity index (χ4n) is 1.70. The van der Waals surface area contributed by atoms with Crippen LogP contribution in [-0.2, 0) is 12.8 Å². The van der Waals surface area contributed by atoms with E-state index in [9.17, 15) is 0 Å². The Labute approximate surface area is 86.4 Å².